The van der Waals surface area contributed by atoms with Crippen molar-refractivity contribution in [1.29, 1.82) is 0 Å². The number of ether oxygens (including phenoxy) is 2. The molecule has 0 bridgehead atoms. The first-order chi connectivity index (χ1) is 13.5. The van der Waals surface area contributed by atoms with Crippen LogP contribution in [-0.4, -0.2) is 43.0 Å². The minimum atomic E-state index is -0.399. The molecule has 0 unspecified atom stereocenters. The molecule has 0 aliphatic carbocycles. The number of hydrogen-bond acceptors (Lipinski definition) is 5. The van der Waals surface area contributed by atoms with Gasteiger partial charge in [-0.1, -0.05) is 17.7 Å². The van der Waals surface area contributed by atoms with Gasteiger partial charge >= 0.3 is 0 Å². The molecule has 2 aliphatic rings. The second-order valence-corrected chi connectivity index (χ2v) is 7.72. The van der Waals surface area contributed by atoms with E-state index < -0.39 is 5.79 Å². The second kappa shape index (κ2) is 7.53. The monoisotopic (exact) mass is 381 g/mol. The first-order valence-corrected chi connectivity index (χ1v) is 9.84. The maximum absolute atomic E-state index is 12.8. The Kier molecular flexibility index (Phi) is 5.08. The van der Waals surface area contributed by atoms with E-state index in [1.54, 1.807) is 6.20 Å². The number of pyridine rings is 1. The van der Waals surface area contributed by atoms with Gasteiger partial charge in [-0.25, -0.2) is 0 Å². The standard InChI is InChI=1S/C22H27N3O3/c1-15-12-16(2)20(17(3)13-15)24-21(26)19-14-18(4-7-23-19)25-8-5-22(6-9-25)27-10-11-28-22/h4,7,12-14H,5-6,8-11H2,1-3H3,(H,24,26). The van der Waals surface area contributed by atoms with Gasteiger partial charge in [0.25, 0.3) is 5.91 Å². The fourth-order valence-electron chi connectivity index (χ4n) is 4.19. The van der Waals surface area contributed by atoms with E-state index in [1.165, 1.54) is 5.56 Å². The van der Waals surface area contributed by atoms with E-state index in [-0.39, 0.29) is 5.91 Å². The van der Waals surface area contributed by atoms with Crippen molar-refractivity contribution in [2.24, 2.45) is 0 Å². The number of aromatic nitrogens is 1. The van der Waals surface area contributed by atoms with Gasteiger partial charge in [0.15, 0.2) is 5.79 Å². The second-order valence-electron chi connectivity index (χ2n) is 7.72. The van der Waals surface area contributed by atoms with Crippen LogP contribution in [0.5, 0.6) is 0 Å². The largest absolute Gasteiger partial charge is 0.371 e. The van der Waals surface area contributed by atoms with Crippen LogP contribution in [0.1, 0.15) is 40.0 Å². The Morgan fingerprint density at radius 1 is 1.07 bits per heavy atom. The van der Waals surface area contributed by atoms with Gasteiger partial charge < -0.3 is 19.7 Å². The summed E-state index contributed by atoms with van der Waals surface area (Å²) in [6, 6.07) is 7.96. The molecule has 1 N–H and O–H groups in total. The van der Waals surface area contributed by atoms with E-state index in [1.807, 2.05) is 26.0 Å². The van der Waals surface area contributed by atoms with E-state index in [2.05, 4.69) is 34.3 Å². The number of aryl methyl sites for hydroxylation is 3. The maximum Gasteiger partial charge on any atom is 0.274 e. The molecule has 4 rings (SSSR count). The lowest BCUT2D eigenvalue weighted by molar-refractivity contribution is -0.169. The van der Waals surface area contributed by atoms with Crippen molar-refractivity contribution < 1.29 is 14.3 Å². The van der Waals surface area contributed by atoms with Gasteiger partial charge in [-0.2, -0.15) is 0 Å². The van der Waals surface area contributed by atoms with Crippen molar-refractivity contribution in [2.45, 2.75) is 39.4 Å². The molecule has 6 heteroatoms. The van der Waals surface area contributed by atoms with Crippen molar-refractivity contribution in [3.63, 3.8) is 0 Å². The Balaban J connectivity index is 1.47. The van der Waals surface area contributed by atoms with Gasteiger partial charge in [-0.15, -0.1) is 0 Å². The fourth-order valence-corrected chi connectivity index (χ4v) is 4.19. The summed E-state index contributed by atoms with van der Waals surface area (Å²) in [6.45, 7) is 9.10. The predicted octanol–water partition coefficient (Wildman–Crippen LogP) is 3.60. The van der Waals surface area contributed by atoms with E-state index >= 15 is 0 Å². The third-order valence-corrected chi connectivity index (χ3v) is 5.60. The molecule has 1 amide bonds. The molecule has 2 saturated heterocycles. The zero-order valence-corrected chi connectivity index (χ0v) is 16.7. The number of nitrogens with one attached hydrogen (secondary N) is 1. The first-order valence-electron chi connectivity index (χ1n) is 9.84. The van der Waals surface area contributed by atoms with Crippen molar-refractivity contribution in [3.8, 4) is 0 Å². The summed E-state index contributed by atoms with van der Waals surface area (Å²) in [6.07, 6.45) is 3.36. The molecule has 2 aliphatic heterocycles. The summed E-state index contributed by atoms with van der Waals surface area (Å²) in [5.41, 5.74) is 5.58. The highest BCUT2D eigenvalue weighted by molar-refractivity contribution is 6.04. The number of hydrogen-bond donors (Lipinski definition) is 1. The molecule has 1 aromatic heterocycles. The number of benzene rings is 1. The molecule has 28 heavy (non-hydrogen) atoms. The highest BCUT2D eigenvalue weighted by Crippen LogP contribution is 2.33. The zero-order valence-electron chi connectivity index (χ0n) is 16.7. The van der Waals surface area contributed by atoms with E-state index in [9.17, 15) is 4.79 Å². The van der Waals surface area contributed by atoms with Crippen molar-refractivity contribution in [3.05, 3.63) is 52.8 Å². The molecule has 1 spiro atoms. The van der Waals surface area contributed by atoms with E-state index in [0.717, 1.165) is 48.4 Å². The molecule has 2 fully saturated rings. The highest BCUT2D eigenvalue weighted by Gasteiger charge is 2.39. The van der Waals surface area contributed by atoms with Gasteiger partial charge in [0, 0.05) is 43.5 Å². The molecule has 6 nitrogen and oxygen atoms in total. The lowest BCUT2D eigenvalue weighted by Crippen LogP contribution is -2.45. The summed E-state index contributed by atoms with van der Waals surface area (Å²) in [5.74, 6) is -0.586. The van der Waals surface area contributed by atoms with Gasteiger partial charge in [0.1, 0.15) is 5.69 Å². The van der Waals surface area contributed by atoms with Gasteiger partial charge in [0.05, 0.1) is 13.2 Å². The van der Waals surface area contributed by atoms with Crippen LogP contribution in [0.15, 0.2) is 30.5 Å². The fraction of sp³-hybridized carbons (Fsp3) is 0.455. The topological polar surface area (TPSA) is 63.7 Å². The van der Waals surface area contributed by atoms with Crippen LogP contribution in [0.25, 0.3) is 0 Å². The van der Waals surface area contributed by atoms with Crippen molar-refractivity contribution >= 4 is 17.3 Å². The van der Waals surface area contributed by atoms with E-state index in [4.69, 9.17) is 9.47 Å². The number of rotatable bonds is 3. The first kappa shape index (κ1) is 18.9. The Hall–Kier alpha value is -2.44. The molecule has 3 heterocycles. The quantitative estimate of drug-likeness (QED) is 0.880. The molecule has 0 saturated carbocycles. The lowest BCUT2D eigenvalue weighted by Gasteiger charge is -2.38. The predicted molar refractivity (Wildman–Crippen MR) is 109 cm³/mol. The number of piperidine rings is 1. The highest BCUT2D eigenvalue weighted by atomic mass is 16.7. The molecular weight excluding hydrogens is 354 g/mol. The lowest BCUT2D eigenvalue weighted by atomic mass is 10.0. The molecule has 148 valence electrons. The SMILES string of the molecule is Cc1cc(C)c(NC(=O)c2cc(N3CCC4(CC3)OCCO4)ccn2)c(C)c1. The maximum atomic E-state index is 12.8. The van der Waals surface area contributed by atoms with Crippen LogP contribution in [0.2, 0.25) is 0 Å². The Morgan fingerprint density at radius 3 is 2.36 bits per heavy atom. The summed E-state index contributed by atoms with van der Waals surface area (Å²) in [7, 11) is 0. The molecule has 1 aromatic carbocycles. The molecule has 0 radical (unpaired) electrons. The van der Waals surface area contributed by atoms with Gasteiger partial charge in [-0.05, 0) is 44.0 Å². The summed E-state index contributed by atoms with van der Waals surface area (Å²) < 4.78 is 11.6. The van der Waals surface area contributed by atoms with E-state index in [0.29, 0.717) is 18.9 Å². The summed E-state index contributed by atoms with van der Waals surface area (Å²) >= 11 is 0. The summed E-state index contributed by atoms with van der Waals surface area (Å²) in [4.78, 5) is 19.4. The zero-order chi connectivity index (χ0) is 19.7. The third-order valence-electron chi connectivity index (χ3n) is 5.60. The number of anilines is 2. The summed E-state index contributed by atoms with van der Waals surface area (Å²) in [5, 5.41) is 3.03. The third kappa shape index (κ3) is 3.75. The molecule has 0 atom stereocenters. The Labute approximate surface area is 165 Å². The van der Waals surface area contributed by atoms with Gasteiger partial charge in [0.2, 0.25) is 0 Å². The van der Waals surface area contributed by atoms with Gasteiger partial charge in [-0.3, -0.25) is 9.78 Å². The Morgan fingerprint density at radius 2 is 1.71 bits per heavy atom. The average Bonchev–Trinajstić information content (AvgIpc) is 3.13. The van der Waals surface area contributed by atoms with Crippen LogP contribution < -0.4 is 10.2 Å². The Bertz CT molecular complexity index is 857. The van der Waals surface area contributed by atoms with Crippen LogP contribution in [0.3, 0.4) is 0 Å². The number of carbonyl (C=O) groups is 1. The minimum Gasteiger partial charge on any atom is -0.371 e. The average molecular weight is 381 g/mol. The number of carbonyl (C=O) groups excluding carboxylic acids is 1. The van der Waals surface area contributed by atoms with Crippen LogP contribution >= 0.6 is 0 Å². The normalized spacial score (nSPS) is 18.5. The molecular formula is C22H27N3O3. The minimum absolute atomic E-state index is 0.187. The number of nitrogens with zero attached hydrogens (tertiary/aromatic N) is 2. The number of amides is 1. The van der Waals surface area contributed by atoms with Crippen molar-refractivity contribution in [1.82, 2.24) is 4.98 Å². The van der Waals surface area contributed by atoms with Crippen LogP contribution in [0.4, 0.5) is 11.4 Å². The molecule has 2 aromatic rings. The smallest absolute Gasteiger partial charge is 0.274 e. The van der Waals surface area contributed by atoms with Crippen LogP contribution in [0, 0.1) is 20.8 Å². The van der Waals surface area contributed by atoms with Crippen molar-refractivity contribution in [2.75, 3.05) is 36.5 Å². The van der Waals surface area contributed by atoms with Crippen LogP contribution in [-0.2, 0) is 9.47 Å².